The molecule has 0 unspecified atom stereocenters. The number of hydrogen-bond donors (Lipinski definition) is 2. The van der Waals surface area contributed by atoms with E-state index >= 15 is 0 Å². The van der Waals surface area contributed by atoms with Crippen LogP contribution in [0.25, 0.3) is 0 Å². The standard InChI is InChI=1S/Al.H2O5S.3H/c;1-5-6(2,3)4;;;/h;1H,(H,2,3,4);;;. The Kier molecular flexibility index (Phi) is 5.00. The van der Waals surface area contributed by atoms with E-state index in [1.165, 1.54) is 0 Å². The smallest absolute Gasteiger partial charge is 0.262 e. The third-order valence-electron chi connectivity index (χ3n) is 0.0942. The second-order valence-corrected chi connectivity index (χ2v) is 1.51. The van der Waals surface area contributed by atoms with E-state index in [0.717, 1.165) is 0 Å². The van der Waals surface area contributed by atoms with Crippen LogP contribution in [-0.2, 0) is 14.7 Å². The third kappa shape index (κ3) is 10.7. The van der Waals surface area contributed by atoms with E-state index in [9.17, 15) is 0 Å². The molecule has 0 rings (SSSR count). The Morgan fingerprint density at radius 1 is 1.43 bits per heavy atom. The monoisotopic (exact) mass is 144 g/mol. The van der Waals surface area contributed by atoms with Crippen molar-refractivity contribution in [1.29, 1.82) is 0 Å². The topological polar surface area (TPSA) is 83.8 Å². The van der Waals surface area contributed by atoms with Gasteiger partial charge in [-0.25, -0.2) is 5.26 Å². The Labute approximate surface area is 50.9 Å². The highest BCUT2D eigenvalue weighted by atomic mass is 32.3. The molecule has 44 valence electrons. The molecule has 0 atom stereocenters. The molecule has 0 aliphatic carbocycles. The van der Waals surface area contributed by atoms with Crippen molar-refractivity contribution in [2.24, 2.45) is 0 Å². The lowest BCUT2D eigenvalue weighted by molar-refractivity contribution is -0.139. The molecule has 0 spiro atoms. The zero-order valence-corrected chi connectivity index (χ0v) is 3.34. The lowest BCUT2D eigenvalue weighted by atomic mass is 15.0. The minimum Gasteiger partial charge on any atom is -0.262 e. The SMILES string of the molecule is O=S(=O)(O)OO.[AlH3]. The van der Waals surface area contributed by atoms with Gasteiger partial charge in [-0.2, -0.15) is 8.42 Å². The maximum absolute atomic E-state index is 9.08. The highest BCUT2D eigenvalue weighted by Gasteiger charge is 1.97. The van der Waals surface area contributed by atoms with Crippen LogP contribution in [0, 0.1) is 0 Å². The maximum Gasteiger partial charge on any atom is 0.423 e. The summed E-state index contributed by atoms with van der Waals surface area (Å²) in [6.45, 7) is 0. The van der Waals surface area contributed by atoms with E-state index in [2.05, 4.69) is 4.33 Å². The Balaban J connectivity index is 0. The normalized spacial score (nSPS) is 10.0. The first-order chi connectivity index (χ1) is 2.56. The van der Waals surface area contributed by atoms with E-state index < -0.39 is 10.4 Å². The summed E-state index contributed by atoms with van der Waals surface area (Å²) in [7, 11) is -4.61. The summed E-state index contributed by atoms with van der Waals surface area (Å²) in [4.78, 5) is 0. The van der Waals surface area contributed by atoms with Crippen LogP contribution in [0.2, 0.25) is 0 Å². The van der Waals surface area contributed by atoms with Gasteiger partial charge in [0.25, 0.3) is 0 Å². The Morgan fingerprint density at radius 2 is 1.57 bits per heavy atom. The first-order valence-corrected chi connectivity index (χ1v) is 2.23. The second-order valence-electron chi connectivity index (χ2n) is 0.502. The van der Waals surface area contributed by atoms with Crippen molar-refractivity contribution in [2.75, 3.05) is 0 Å². The lowest BCUT2D eigenvalue weighted by Gasteiger charge is -1.79. The van der Waals surface area contributed by atoms with E-state index in [-0.39, 0.29) is 17.4 Å². The van der Waals surface area contributed by atoms with Crippen molar-refractivity contribution >= 4 is 27.8 Å². The first kappa shape index (κ1) is 10.4. The van der Waals surface area contributed by atoms with Gasteiger partial charge < -0.3 is 0 Å². The molecular formula is H5AlO5S. The lowest BCUT2D eigenvalue weighted by Crippen LogP contribution is -1.97. The Morgan fingerprint density at radius 3 is 1.57 bits per heavy atom. The molecule has 0 fully saturated rings. The van der Waals surface area contributed by atoms with E-state index in [1.807, 2.05) is 0 Å². The van der Waals surface area contributed by atoms with E-state index in [4.69, 9.17) is 18.2 Å². The van der Waals surface area contributed by atoms with Gasteiger partial charge in [-0.05, 0) is 0 Å². The van der Waals surface area contributed by atoms with Crippen LogP contribution in [0.1, 0.15) is 0 Å². The molecule has 0 aromatic heterocycles. The van der Waals surface area contributed by atoms with Gasteiger partial charge in [0.15, 0.2) is 17.4 Å². The fourth-order valence-corrected chi connectivity index (χ4v) is 0. The molecule has 0 aromatic rings. The molecule has 5 nitrogen and oxygen atoms in total. The van der Waals surface area contributed by atoms with Gasteiger partial charge in [0.05, 0.1) is 0 Å². The summed E-state index contributed by atoms with van der Waals surface area (Å²) in [5, 5.41) is 7.06. The molecular weight excluding hydrogens is 139 g/mol. The van der Waals surface area contributed by atoms with E-state index in [0.29, 0.717) is 0 Å². The molecule has 2 N–H and O–H groups in total. The average molecular weight is 144 g/mol. The van der Waals surface area contributed by atoms with Crippen molar-refractivity contribution in [2.45, 2.75) is 0 Å². The molecule has 7 heteroatoms. The molecule has 0 amide bonds. The third-order valence-corrected chi connectivity index (χ3v) is 0.283. The predicted octanol–water partition coefficient (Wildman–Crippen LogP) is -1.91. The van der Waals surface area contributed by atoms with Crippen molar-refractivity contribution in [1.82, 2.24) is 0 Å². The van der Waals surface area contributed by atoms with Crippen LogP contribution < -0.4 is 0 Å². The van der Waals surface area contributed by atoms with Gasteiger partial charge in [-0.3, -0.25) is 4.55 Å². The van der Waals surface area contributed by atoms with Gasteiger partial charge >= 0.3 is 10.4 Å². The summed E-state index contributed by atoms with van der Waals surface area (Å²) in [6.07, 6.45) is 0. The highest BCUT2D eigenvalue weighted by Crippen LogP contribution is 1.74. The van der Waals surface area contributed by atoms with Gasteiger partial charge in [-0.1, -0.05) is 4.33 Å². The quantitative estimate of drug-likeness (QED) is 0.194. The van der Waals surface area contributed by atoms with Gasteiger partial charge in [-0.15, -0.1) is 0 Å². The molecule has 0 aliphatic rings. The molecule has 0 heterocycles. The van der Waals surface area contributed by atoms with Crippen molar-refractivity contribution < 1.29 is 22.6 Å². The molecule has 0 aliphatic heterocycles. The summed E-state index contributed by atoms with van der Waals surface area (Å²) in [5.41, 5.74) is 0. The zero-order valence-electron chi connectivity index (χ0n) is 2.53. The Bertz CT molecular complexity index is 110. The molecule has 7 heavy (non-hydrogen) atoms. The number of rotatable bonds is 1. The van der Waals surface area contributed by atoms with Crippen LogP contribution in [0.15, 0.2) is 0 Å². The van der Waals surface area contributed by atoms with E-state index in [1.54, 1.807) is 0 Å². The largest absolute Gasteiger partial charge is 0.423 e. The van der Waals surface area contributed by atoms with Crippen molar-refractivity contribution in [3.8, 4) is 0 Å². The van der Waals surface area contributed by atoms with Crippen LogP contribution in [0.4, 0.5) is 0 Å². The first-order valence-electron chi connectivity index (χ1n) is 0.865. The number of hydrogen-bond acceptors (Lipinski definition) is 4. The molecule has 0 radical (unpaired) electrons. The van der Waals surface area contributed by atoms with Crippen molar-refractivity contribution in [3.05, 3.63) is 0 Å². The molecule has 0 saturated heterocycles. The van der Waals surface area contributed by atoms with Crippen LogP contribution in [0.5, 0.6) is 0 Å². The summed E-state index contributed by atoms with van der Waals surface area (Å²) in [5.74, 6) is 0. The van der Waals surface area contributed by atoms with Crippen LogP contribution in [-0.4, -0.2) is 35.6 Å². The average Bonchev–Trinajstić information content (AvgIpc) is 1.35. The maximum atomic E-state index is 9.08. The van der Waals surface area contributed by atoms with Crippen molar-refractivity contribution in [3.63, 3.8) is 0 Å². The minimum absolute atomic E-state index is 0. The minimum atomic E-state index is -4.61. The fourth-order valence-electron chi connectivity index (χ4n) is 0. The summed E-state index contributed by atoms with van der Waals surface area (Å²) in [6, 6.07) is 0. The Hall–Kier alpha value is 0.362. The van der Waals surface area contributed by atoms with Gasteiger partial charge in [0.1, 0.15) is 0 Å². The predicted molar refractivity (Wildman–Crippen MR) is 25.2 cm³/mol. The van der Waals surface area contributed by atoms with Crippen LogP contribution in [0.3, 0.4) is 0 Å². The highest BCUT2D eigenvalue weighted by molar-refractivity contribution is 7.80. The molecule has 0 aromatic carbocycles. The van der Waals surface area contributed by atoms with Crippen LogP contribution >= 0.6 is 0 Å². The zero-order chi connectivity index (χ0) is 5.21. The van der Waals surface area contributed by atoms with Gasteiger partial charge in [0, 0.05) is 0 Å². The molecule has 0 bridgehead atoms. The fraction of sp³-hybridized carbons (Fsp3) is 0. The second kappa shape index (κ2) is 3.38. The molecule has 0 saturated carbocycles. The van der Waals surface area contributed by atoms with Gasteiger partial charge in [0.2, 0.25) is 0 Å². The summed E-state index contributed by atoms with van der Waals surface area (Å²) >= 11 is 0. The summed E-state index contributed by atoms with van der Waals surface area (Å²) < 4.78 is 28.0.